The van der Waals surface area contributed by atoms with E-state index in [1.54, 1.807) is 18.3 Å². The molecule has 0 bridgehead atoms. The molecule has 0 unspecified atom stereocenters. The quantitative estimate of drug-likeness (QED) is 0.227. The van der Waals surface area contributed by atoms with Crippen LogP contribution in [-0.2, 0) is 16.8 Å². The van der Waals surface area contributed by atoms with Gasteiger partial charge in [0.15, 0.2) is 0 Å². The first-order valence-electron chi connectivity index (χ1n) is 12.2. The van der Waals surface area contributed by atoms with Crippen LogP contribution in [0.4, 0.5) is 16.5 Å². The lowest BCUT2D eigenvalue weighted by Crippen LogP contribution is -2.31. The Morgan fingerprint density at radius 3 is 2.73 bits per heavy atom. The van der Waals surface area contributed by atoms with Gasteiger partial charge in [-0.15, -0.1) is 4.09 Å². The predicted molar refractivity (Wildman–Crippen MR) is 150 cm³/mol. The van der Waals surface area contributed by atoms with E-state index in [1.807, 2.05) is 24.3 Å². The van der Waals surface area contributed by atoms with E-state index in [1.165, 1.54) is 38.7 Å². The highest BCUT2D eigenvalue weighted by Gasteiger charge is 2.20. The molecule has 0 atom stereocenters. The number of nitrogens with zero attached hydrogens (tertiary/aromatic N) is 5. The summed E-state index contributed by atoms with van der Waals surface area (Å²) in [6.07, 6.45) is 7.85. The summed E-state index contributed by atoms with van der Waals surface area (Å²) in [7, 11) is -3.98. The standard InChI is InChI=1S/C24H29ClN8O2S2/c25-19-9-8-18(22(14-19)26-10-5-13-32-11-2-1-3-12-32)15-27-21-6-4-7-23-20(21)16-29-33(23)37(34,35)31-24-28-17-30-36-24/h4,6-9,14,16-17,26-27H,1-3,5,10-13,15H2,(H,28,30,31). The molecule has 1 aliphatic rings. The van der Waals surface area contributed by atoms with E-state index in [0.29, 0.717) is 22.5 Å². The number of aromatic nitrogens is 4. The first kappa shape index (κ1) is 25.7. The molecule has 2 aromatic carbocycles. The van der Waals surface area contributed by atoms with Gasteiger partial charge in [-0.1, -0.05) is 30.2 Å². The van der Waals surface area contributed by atoms with Crippen molar-refractivity contribution in [3.8, 4) is 0 Å². The normalized spacial score (nSPS) is 14.6. The molecule has 1 fully saturated rings. The Balaban J connectivity index is 1.26. The average Bonchev–Trinajstić information content (AvgIpc) is 3.57. The van der Waals surface area contributed by atoms with Crippen molar-refractivity contribution in [3.63, 3.8) is 0 Å². The van der Waals surface area contributed by atoms with E-state index in [9.17, 15) is 8.42 Å². The molecule has 10 nitrogen and oxygen atoms in total. The van der Waals surface area contributed by atoms with Crippen LogP contribution in [0, 0.1) is 0 Å². The minimum Gasteiger partial charge on any atom is -0.385 e. The summed E-state index contributed by atoms with van der Waals surface area (Å²) < 4.78 is 32.9. The Kier molecular flexibility index (Phi) is 8.08. The Hall–Kier alpha value is -2.93. The maximum atomic E-state index is 12.9. The molecule has 13 heteroatoms. The van der Waals surface area contributed by atoms with Crippen molar-refractivity contribution in [1.82, 2.24) is 23.4 Å². The lowest BCUT2D eigenvalue weighted by Gasteiger charge is -2.26. The first-order valence-corrected chi connectivity index (χ1v) is 14.8. The highest BCUT2D eigenvalue weighted by Crippen LogP contribution is 2.27. The first-order chi connectivity index (χ1) is 18.0. The third-order valence-corrected chi connectivity index (χ3v) is 8.48. The number of piperidine rings is 1. The largest absolute Gasteiger partial charge is 0.385 e. The summed E-state index contributed by atoms with van der Waals surface area (Å²) in [4.78, 5) is 6.42. The Labute approximate surface area is 225 Å². The molecule has 1 aliphatic heterocycles. The number of fused-ring (bicyclic) bond motifs is 1. The molecular formula is C24H29ClN8O2S2. The fourth-order valence-corrected chi connectivity index (χ4v) is 6.39. The molecule has 0 aliphatic carbocycles. The molecule has 0 amide bonds. The van der Waals surface area contributed by atoms with Crippen molar-refractivity contribution in [2.45, 2.75) is 32.2 Å². The van der Waals surface area contributed by atoms with Crippen LogP contribution in [0.3, 0.4) is 0 Å². The van der Waals surface area contributed by atoms with E-state index in [4.69, 9.17) is 11.6 Å². The van der Waals surface area contributed by atoms with Crippen LogP contribution < -0.4 is 15.4 Å². The van der Waals surface area contributed by atoms with Crippen LogP contribution in [-0.4, -0.2) is 58.0 Å². The number of halogens is 1. The van der Waals surface area contributed by atoms with E-state index < -0.39 is 10.2 Å². The number of nitrogens with one attached hydrogen (secondary N) is 3. The van der Waals surface area contributed by atoms with Gasteiger partial charge in [-0.3, -0.25) is 0 Å². The van der Waals surface area contributed by atoms with Crippen molar-refractivity contribution in [1.29, 1.82) is 0 Å². The van der Waals surface area contributed by atoms with E-state index in [-0.39, 0.29) is 5.13 Å². The van der Waals surface area contributed by atoms with Crippen molar-refractivity contribution in [3.05, 3.63) is 59.5 Å². The van der Waals surface area contributed by atoms with Crippen LogP contribution in [0.1, 0.15) is 31.2 Å². The Bertz CT molecular complexity index is 1440. The smallest absolute Gasteiger partial charge is 0.345 e. The summed E-state index contributed by atoms with van der Waals surface area (Å²) in [5, 5.41) is 12.7. The average molecular weight is 561 g/mol. The molecule has 5 rings (SSSR count). The zero-order chi connectivity index (χ0) is 25.7. The molecule has 3 heterocycles. The van der Waals surface area contributed by atoms with Crippen molar-refractivity contribution in [2.24, 2.45) is 0 Å². The number of likely N-dealkylation sites (tertiary alicyclic amines) is 1. The van der Waals surface area contributed by atoms with Crippen molar-refractivity contribution < 1.29 is 8.42 Å². The molecule has 0 radical (unpaired) electrons. The second kappa shape index (κ2) is 11.6. The van der Waals surface area contributed by atoms with Gasteiger partial charge in [-0.05, 0) is 68.7 Å². The monoisotopic (exact) mass is 560 g/mol. The molecule has 0 spiro atoms. The van der Waals surface area contributed by atoms with Gasteiger partial charge in [0.05, 0.1) is 11.7 Å². The molecule has 0 saturated carbocycles. The minimum atomic E-state index is -3.98. The number of hydrogen-bond acceptors (Lipinski definition) is 9. The van der Waals surface area contributed by atoms with Gasteiger partial charge in [0.2, 0.25) is 5.13 Å². The van der Waals surface area contributed by atoms with Crippen molar-refractivity contribution >= 4 is 60.8 Å². The topological polar surface area (TPSA) is 117 Å². The third-order valence-electron chi connectivity index (χ3n) is 6.34. The highest BCUT2D eigenvalue weighted by atomic mass is 35.5. The zero-order valence-corrected chi connectivity index (χ0v) is 22.6. The van der Waals surface area contributed by atoms with Crippen LogP contribution in [0.25, 0.3) is 10.9 Å². The second-order valence-electron chi connectivity index (χ2n) is 8.92. The number of hydrogen-bond donors (Lipinski definition) is 3. The summed E-state index contributed by atoms with van der Waals surface area (Å²) in [6, 6.07) is 11.2. The van der Waals surface area contributed by atoms with Crippen LogP contribution >= 0.6 is 23.1 Å². The Morgan fingerprint density at radius 1 is 1.05 bits per heavy atom. The molecule has 3 N–H and O–H groups in total. The van der Waals surface area contributed by atoms with Crippen LogP contribution in [0.15, 0.2) is 48.9 Å². The van der Waals surface area contributed by atoms with Gasteiger partial charge in [-0.2, -0.15) is 17.9 Å². The summed E-state index contributed by atoms with van der Waals surface area (Å²) in [5.74, 6) is 0. The van der Waals surface area contributed by atoms with E-state index >= 15 is 0 Å². The molecule has 37 heavy (non-hydrogen) atoms. The second-order valence-corrected chi connectivity index (χ2v) is 11.6. The van der Waals surface area contributed by atoms with Crippen LogP contribution in [0.2, 0.25) is 5.02 Å². The lowest BCUT2D eigenvalue weighted by atomic mass is 10.1. The highest BCUT2D eigenvalue weighted by molar-refractivity contribution is 7.91. The fourth-order valence-electron chi connectivity index (χ4n) is 4.51. The number of benzene rings is 2. The summed E-state index contributed by atoms with van der Waals surface area (Å²) in [6.45, 7) is 4.91. The van der Waals surface area contributed by atoms with Gasteiger partial charge >= 0.3 is 10.2 Å². The fraction of sp³-hybridized carbons (Fsp3) is 0.375. The van der Waals surface area contributed by atoms with Gasteiger partial charge in [0.25, 0.3) is 0 Å². The maximum absolute atomic E-state index is 12.9. The molecular weight excluding hydrogens is 532 g/mol. The predicted octanol–water partition coefficient (Wildman–Crippen LogP) is 4.65. The summed E-state index contributed by atoms with van der Waals surface area (Å²) in [5.41, 5.74) is 3.29. The van der Waals surface area contributed by atoms with Gasteiger partial charge in [0.1, 0.15) is 6.33 Å². The Morgan fingerprint density at radius 2 is 1.92 bits per heavy atom. The SMILES string of the molecule is O=S(=O)(Nc1ncns1)n1ncc2c(NCc3ccc(Cl)cc3NCCCN3CCCCC3)cccc21. The van der Waals surface area contributed by atoms with Gasteiger partial charge in [-0.25, -0.2) is 9.71 Å². The molecule has 2 aromatic heterocycles. The number of anilines is 3. The lowest BCUT2D eigenvalue weighted by molar-refractivity contribution is 0.228. The van der Waals surface area contributed by atoms with Gasteiger partial charge in [0, 0.05) is 46.4 Å². The number of rotatable bonds is 11. The zero-order valence-electron chi connectivity index (χ0n) is 20.2. The van der Waals surface area contributed by atoms with Crippen LogP contribution in [0.5, 0.6) is 0 Å². The molecule has 196 valence electrons. The van der Waals surface area contributed by atoms with Gasteiger partial charge < -0.3 is 15.5 Å². The van der Waals surface area contributed by atoms with Crippen molar-refractivity contribution in [2.75, 3.05) is 41.5 Å². The van der Waals surface area contributed by atoms with E-state index in [2.05, 4.69) is 34.7 Å². The minimum absolute atomic E-state index is 0.177. The molecule has 1 saturated heterocycles. The maximum Gasteiger partial charge on any atom is 0.345 e. The molecule has 4 aromatic rings. The third kappa shape index (κ3) is 6.32. The van der Waals surface area contributed by atoms with E-state index in [0.717, 1.165) is 52.1 Å². The summed E-state index contributed by atoms with van der Waals surface area (Å²) >= 11 is 7.25.